The molecule has 0 spiro atoms. The molecule has 0 unspecified atom stereocenters. The van der Waals surface area contributed by atoms with Crippen LogP contribution in [0.4, 0.5) is 13.2 Å². The summed E-state index contributed by atoms with van der Waals surface area (Å²) in [6, 6.07) is 14.6. The van der Waals surface area contributed by atoms with E-state index in [9.17, 15) is 13.2 Å². The number of alkyl halides is 3. The maximum Gasteiger partial charge on any atom is 0.416 e. The monoisotopic (exact) mass is 405 g/mol. The van der Waals surface area contributed by atoms with Gasteiger partial charge in [-0.05, 0) is 23.8 Å². The topological polar surface area (TPSA) is 39.9 Å². The molecular weight excluding hydrogens is 387 g/mol. The lowest BCUT2D eigenvalue weighted by atomic mass is 10.1. The summed E-state index contributed by atoms with van der Waals surface area (Å²) in [5.41, 5.74) is -0.0924. The van der Waals surface area contributed by atoms with Crippen LogP contribution in [-0.2, 0) is 25.1 Å². The molecule has 28 heavy (non-hydrogen) atoms. The molecule has 1 aromatic heterocycles. The van der Waals surface area contributed by atoms with Crippen LogP contribution in [0.25, 0.3) is 0 Å². The number of aromatic nitrogens is 3. The third-order valence-electron chi connectivity index (χ3n) is 3.84. The summed E-state index contributed by atoms with van der Waals surface area (Å²) in [4.78, 5) is 0. The summed E-state index contributed by atoms with van der Waals surface area (Å²) in [7, 11) is 0. The summed E-state index contributed by atoms with van der Waals surface area (Å²) in [5, 5.41) is 8.92. The minimum Gasteiger partial charge on any atom is -0.486 e. The van der Waals surface area contributed by atoms with Crippen LogP contribution in [0, 0.1) is 0 Å². The lowest BCUT2D eigenvalue weighted by Gasteiger charge is -2.10. The smallest absolute Gasteiger partial charge is 0.416 e. The Morgan fingerprint density at radius 1 is 1.07 bits per heavy atom. The van der Waals surface area contributed by atoms with Gasteiger partial charge in [0.05, 0.1) is 5.56 Å². The second kappa shape index (κ2) is 8.97. The minimum absolute atomic E-state index is 0.231. The van der Waals surface area contributed by atoms with Crippen LogP contribution >= 0.6 is 11.8 Å². The molecular formula is C20H18F3N3OS. The van der Waals surface area contributed by atoms with Gasteiger partial charge in [-0.3, -0.25) is 4.57 Å². The van der Waals surface area contributed by atoms with Gasteiger partial charge in [-0.25, -0.2) is 0 Å². The Balaban J connectivity index is 1.70. The van der Waals surface area contributed by atoms with Gasteiger partial charge in [-0.1, -0.05) is 54.2 Å². The molecule has 3 aromatic rings. The van der Waals surface area contributed by atoms with Crippen LogP contribution in [0.15, 0.2) is 72.4 Å². The largest absolute Gasteiger partial charge is 0.486 e. The number of ether oxygens (including phenoxy) is 1. The maximum absolute atomic E-state index is 12.9. The first kappa shape index (κ1) is 20.0. The summed E-state index contributed by atoms with van der Waals surface area (Å²) in [6.45, 7) is 4.45. The molecule has 0 bridgehead atoms. The average Bonchev–Trinajstić information content (AvgIpc) is 3.07. The van der Waals surface area contributed by atoms with Crippen LogP contribution < -0.4 is 4.74 Å². The Hall–Kier alpha value is -2.74. The van der Waals surface area contributed by atoms with Crippen LogP contribution in [0.5, 0.6) is 5.75 Å². The van der Waals surface area contributed by atoms with Gasteiger partial charge >= 0.3 is 6.18 Å². The SMILES string of the molecule is C=CCn1c(COc2ccccc2)nnc1SCc1cccc(C(F)(F)F)c1. The highest BCUT2D eigenvalue weighted by Gasteiger charge is 2.30. The summed E-state index contributed by atoms with van der Waals surface area (Å²) in [6.07, 6.45) is -2.64. The Bertz CT molecular complexity index is 926. The van der Waals surface area contributed by atoms with Gasteiger partial charge in [-0.2, -0.15) is 13.2 Å². The first-order valence-electron chi connectivity index (χ1n) is 8.47. The van der Waals surface area contributed by atoms with Crippen molar-refractivity contribution in [2.75, 3.05) is 0 Å². The normalized spacial score (nSPS) is 11.4. The van der Waals surface area contributed by atoms with Crippen molar-refractivity contribution in [1.82, 2.24) is 14.8 Å². The molecule has 0 atom stereocenters. The highest BCUT2D eigenvalue weighted by Crippen LogP contribution is 2.31. The number of benzene rings is 2. The van der Waals surface area contributed by atoms with Gasteiger partial charge in [0.15, 0.2) is 11.0 Å². The van der Waals surface area contributed by atoms with Crippen LogP contribution in [0.2, 0.25) is 0 Å². The lowest BCUT2D eigenvalue weighted by Crippen LogP contribution is -2.07. The van der Waals surface area contributed by atoms with Gasteiger partial charge in [0, 0.05) is 12.3 Å². The van der Waals surface area contributed by atoms with E-state index in [0.29, 0.717) is 34.6 Å². The number of para-hydroxylation sites is 1. The average molecular weight is 405 g/mol. The number of rotatable bonds is 8. The highest BCUT2D eigenvalue weighted by molar-refractivity contribution is 7.98. The Kier molecular flexibility index (Phi) is 6.41. The number of hydrogen-bond donors (Lipinski definition) is 0. The first-order valence-corrected chi connectivity index (χ1v) is 9.45. The van der Waals surface area contributed by atoms with Crippen LogP contribution in [-0.4, -0.2) is 14.8 Å². The summed E-state index contributed by atoms with van der Waals surface area (Å²) >= 11 is 1.32. The van der Waals surface area contributed by atoms with E-state index in [1.165, 1.54) is 17.8 Å². The van der Waals surface area contributed by atoms with Crippen LogP contribution in [0.1, 0.15) is 17.0 Å². The fourth-order valence-corrected chi connectivity index (χ4v) is 3.40. The van der Waals surface area contributed by atoms with E-state index in [1.54, 1.807) is 12.1 Å². The van der Waals surface area contributed by atoms with E-state index in [-0.39, 0.29) is 6.61 Å². The molecule has 0 aliphatic heterocycles. The molecule has 4 nitrogen and oxygen atoms in total. The molecule has 0 N–H and O–H groups in total. The molecule has 0 amide bonds. The molecule has 0 fully saturated rings. The predicted octanol–water partition coefficient (Wildman–Crippen LogP) is 5.35. The Labute approximate surface area is 165 Å². The Morgan fingerprint density at radius 3 is 2.57 bits per heavy atom. The zero-order chi connectivity index (χ0) is 20.0. The second-order valence-corrected chi connectivity index (χ2v) is 6.83. The fraction of sp³-hybridized carbons (Fsp3) is 0.200. The molecule has 0 aliphatic rings. The highest BCUT2D eigenvalue weighted by atomic mass is 32.2. The van der Waals surface area contributed by atoms with E-state index in [0.717, 1.165) is 12.1 Å². The molecule has 8 heteroatoms. The standard InChI is InChI=1S/C20H18F3N3OS/c1-2-11-26-18(13-27-17-9-4-3-5-10-17)24-25-19(26)28-14-15-7-6-8-16(12-15)20(21,22)23/h2-10,12H,1,11,13-14H2. The second-order valence-electron chi connectivity index (χ2n) is 5.89. The van der Waals surface area contributed by atoms with E-state index >= 15 is 0 Å². The van der Waals surface area contributed by atoms with E-state index < -0.39 is 11.7 Å². The van der Waals surface area contributed by atoms with Crippen molar-refractivity contribution in [2.45, 2.75) is 30.2 Å². The van der Waals surface area contributed by atoms with Gasteiger partial charge in [0.1, 0.15) is 12.4 Å². The molecule has 0 saturated heterocycles. The Morgan fingerprint density at radius 2 is 1.86 bits per heavy atom. The number of nitrogens with zero attached hydrogens (tertiary/aromatic N) is 3. The molecule has 146 valence electrons. The van der Waals surface area contributed by atoms with Crippen LogP contribution in [0.3, 0.4) is 0 Å². The molecule has 2 aromatic carbocycles. The predicted molar refractivity (Wildman–Crippen MR) is 102 cm³/mol. The van der Waals surface area contributed by atoms with Gasteiger partial charge in [-0.15, -0.1) is 16.8 Å². The van der Waals surface area contributed by atoms with Crippen molar-refractivity contribution >= 4 is 11.8 Å². The van der Waals surface area contributed by atoms with E-state index in [1.807, 2.05) is 34.9 Å². The molecule has 0 aliphatic carbocycles. The zero-order valence-electron chi connectivity index (χ0n) is 14.9. The van der Waals surface area contributed by atoms with Gasteiger partial charge in [0.2, 0.25) is 0 Å². The number of hydrogen-bond acceptors (Lipinski definition) is 4. The third kappa shape index (κ3) is 5.16. The third-order valence-corrected chi connectivity index (χ3v) is 4.88. The summed E-state index contributed by atoms with van der Waals surface area (Å²) < 4.78 is 46.2. The van der Waals surface area contributed by atoms with Crippen molar-refractivity contribution in [2.24, 2.45) is 0 Å². The molecule has 0 saturated carbocycles. The molecule has 3 rings (SSSR count). The van der Waals surface area contributed by atoms with Gasteiger partial charge in [0.25, 0.3) is 0 Å². The maximum atomic E-state index is 12.9. The van der Waals surface area contributed by atoms with Crippen molar-refractivity contribution in [3.63, 3.8) is 0 Å². The van der Waals surface area contributed by atoms with Crippen molar-refractivity contribution in [3.8, 4) is 5.75 Å². The number of halogens is 3. The lowest BCUT2D eigenvalue weighted by molar-refractivity contribution is -0.137. The van der Waals surface area contributed by atoms with Crippen molar-refractivity contribution < 1.29 is 17.9 Å². The summed E-state index contributed by atoms with van der Waals surface area (Å²) in [5.74, 6) is 1.68. The van der Waals surface area contributed by atoms with E-state index in [4.69, 9.17) is 4.74 Å². The van der Waals surface area contributed by atoms with Gasteiger partial charge < -0.3 is 4.74 Å². The molecule has 0 radical (unpaired) electrons. The zero-order valence-corrected chi connectivity index (χ0v) is 15.7. The number of allylic oxidation sites excluding steroid dienone is 1. The minimum atomic E-state index is -4.36. The van der Waals surface area contributed by atoms with E-state index in [2.05, 4.69) is 16.8 Å². The molecule has 1 heterocycles. The van der Waals surface area contributed by atoms with Crippen molar-refractivity contribution in [1.29, 1.82) is 0 Å². The quantitative estimate of drug-likeness (QED) is 0.374. The first-order chi connectivity index (χ1) is 13.5. The fourth-order valence-electron chi connectivity index (χ4n) is 2.49. The van der Waals surface area contributed by atoms with Crippen molar-refractivity contribution in [3.05, 3.63) is 84.2 Å². The number of thioether (sulfide) groups is 1.